The molecule has 0 spiro atoms. The summed E-state index contributed by atoms with van der Waals surface area (Å²) in [7, 11) is 0. The van der Waals surface area contributed by atoms with Crippen LogP contribution in [0.4, 0.5) is 0 Å². The van der Waals surface area contributed by atoms with Crippen molar-refractivity contribution in [2.75, 3.05) is 32.7 Å². The summed E-state index contributed by atoms with van der Waals surface area (Å²) in [5.41, 5.74) is 0. The molecule has 0 radical (unpaired) electrons. The molecule has 1 rings (SSSR count). The van der Waals surface area contributed by atoms with Gasteiger partial charge in [0.2, 0.25) is 5.91 Å². The van der Waals surface area contributed by atoms with Gasteiger partial charge in [0.25, 0.3) is 0 Å². The van der Waals surface area contributed by atoms with Crippen molar-refractivity contribution < 1.29 is 4.79 Å². The van der Waals surface area contributed by atoms with Gasteiger partial charge < -0.3 is 10.6 Å². The third-order valence-electron chi connectivity index (χ3n) is 2.67. The van der Waals surface area contributed by atoms with Crippen LogP contribution in [-0.4, -0.2) is 49.6 Å². The van der Waals surface area contributed by atoms with Crippen molar-refractivity contribution in [3.63, 3.8) is 0 Å². The Labute approximate surface area is 90.4 Å². The molecule has 0 aliphatic carbocycles. The van der Waals surface area contributed by atoms with E-state index >= 15 is 0 Å². The third kappa shape index (κ3) is 3.86. The molecule has 1 aliphatic heterocycles. The smallest absolute Gasteiger partial charge is 0.235 e. The highest BCUT2D eigenvalue weighted by molar-refractivity contribution is 5.78. The van der Waals surface area contributed by atoms with Crippen LogP contribution in [0.25, 0.3) is 0 Å². The van der Waals surface area contributed by atoms with E-state index in [0.29, 0.717) is 12.6 Å². The maximum atomic E-state index is 11.4. The zero-order chi connectivity index (χ0) is 11.1. The highest BCUT2D eigenvalue weighted by atomic mass is 16.2. The van der Waals surface area contributed by atoms with E-state index in [2.05, 4.69) is 22.5 Å². The van der Waals surface area contributed by atoms with Crippen molar-refractivity contribution in [1.29, 1.82) is 5.26 Å². The molecule has 0 bridgehead atoms. The number of nitriles is 1. The first-order chi connectivity index (χ1) is 7.27. The number of hydrogen-bond donors (Lipinski definition) is 2. The Bertz CT molecular complexity index is 242. The number of nitrogens with zero attached hydrogens (tertiary/aromatic N) is 2. The molecule has 0 aromatic carbocycles. The van der Waals surface area contributed by atoms with Crippen LogP contribution < -0.4 is 10.6 Å². The fourth-order valence-electron chi connectivity index (χ4n) is 1.83. The number of hydrogen-bond acceptors (Lipinski definition) is 4. The summed E-state index contributed by atoms with van der Waals surface area (Å²) >= 11 is 0. The van der Waals surface area contributed by atoms with E-state index < -0.39 is 0 Å². The van der Waals surface area contributed by atoms with Crippen molar-refractivity contribution in [2.24, 2.45) is 0 Å². The molecule has 1 amide bonds. The molecular formula is C10H18N4O. The van der Waals surface area contributed by atoms with Gasteiger partial charge >= 0.3 is 0 Å². The Morgan fingerprint density at radius 1 is 1.73 bits per heavy atom. The standard InChI is InChI=1S/C10H18N4O/c1-2-14(9-3-5-12-7-9)8-10(15)13-6-4-11/h9,12H,2-3,5-8H2,1H3,(H,13,15). The predicted octanol–water partition coefficient (Wildman–Crippen LogP) is -0.690. The molecule has 2 N–H and O–H groups in total. The van der Waals surface area contributed by atoms with E-state index in [1.54, 1.807) is 0 Å². The van der Waals surface area contributed by atoms with E-state index in [1.165, 1.54) is 0 Å². The van der Waals surface area contributed by atoms with Gasteiger partial charge in [0.15, 0.2) is 0 Å². The monoisotopic (exact) mass is 210 g/mol. The van der Waals surface area contributed by atoms with Gasteiger partial charge in [-0.15, -0.1) is 0 Å². The normalized spacial score (nSPS) is 20.2. The zero-order valence-electron chi connectivity index (χ0n) is 9.12. The van der Waals surface area contributed by atoms with Crippen molar-refractivity contribution >= 4 is 5.91 Å². The van der Waals surface area contributed by atoms with Crippen molar-refractivity contribution in [1.82, 2.24) is 15.5 Å². The molecule has 1 atom stereocenters. The van der Waals surface area contributed by atoms with Crippen molar-refractivity contribution in [2.45, 2.75) is 19.4 Å². The van der Waals surface area contributed by atoms with Crippen molar-refractivity contribution in [3.8, 4) is 6.07 Å². The fourth-order valence-corrected chi connectivity index (χ4v) is 1.83. The average Bonchev–Trinajstić information content (AvgIpc) is 2.76. The summed E-state index contributed by atoms with van der Waals surface area (Å²) in [6, 6.07) is 2.36. The zero-order valence-corrected chi connectivity index (χ0v) is 9.12. The lowest BCUT2D eigenvalue weighted by Crippen LogP contribution is -2.43. The molecule has 15 heavy (non-hydrogen) atoms. The van der Waals surface area contributed by atoms with Crippen LogP contribution in [0.5, 0.6) is 0 Å². The molecule has 1 unspecified atom stereocenters. The van der Waals surface area contributed by atoms with E-state index in [9.17, 15) is 4.79 Å². The van der Waals surface area contributed by atoms with Gasteiger partial charge in [0.05, 0.1) is 12.6 Å². The molecule has 5 nitrogen and oxygen atoms in total. The molecule has 84 valence electrons. The van der Waals surface area contributed by atoms with Crippen LogP contribution >= 0.6 is 0 Å². The van der Waals surface area contributed by atoms with Gasteiger partial charge in [-0.1, -0.05) is 6.92 Å². The Balaban J connectivity index is 2.32. The first-order valence-corrected chi connectivity index (χ1v) is 5.36. The molecule has 1 aliphatic rings. The Kier molecular flexibility index (Phi) is 5.08. The lowest BCUT2D eigenvalue weighted by molar-refractivity contribution is -0.122. The maximum absolute atomic E-state index is 11.4. The van der Waals surface area contributed by atoms with Gasteiger partial charge in [0.1, 0.15) is 6.54 Å². The van der Waals surface area contributed by atoms with Crippen LogP contribution in [0.15, 0.2) is 0 Å². The second-order valence-electron chi connectivity index (χ2n) is 3.64. The largest absolute Gasteiger partial charge is 0.342 e. The molecule has 1 fully saturated rings. The summed E-state index contributed by atoms with van der Waals surface area (Å²) in [5.74, 6) is -0.0645. The number of likely N-dealkylation sites (N-methyl/N-ethyl adjacent to an activating group) is 1. The predicted molar refractivity (Wildman–Crippen MR) is 57.1 cm³/mol. The van der Waals surface area contributed by atoms with Crippen LogP contribution in [0.2, 0.25) is 0 Å². The van der Waals surface area contributed by atoms with Crippen LogP contribution in [0, 0.1) is 11.3 Å². The second-order valence-corrected chi connectivity index (χ2v) is 3.64. The minimum atomic E-state index is -0.0645. The van der Waals surface area contributed by atoms with Crippen molar-refractivity contribution in [3.05, 3.63) is 0 Å². The second kappa shape index (κ2) is 6.38. The summed E-state index contributed by atoms with van der Waals surface area (Å²) < 4.78 is 0. The first-order valence-electron chi connectivity index (χ1n) is 5.36. The van der Waals surface area contributed by atoms with Gasteiger partial charge in [-0.3, -0.25) is 9.69 Å². The Morgan fingerprint density at radius 2 is 2.53 bits per heavy atom. The highest BCUT2D eigenvalue weighted by Gasteiger charge is 2.22. The third-order valence-corrected chi connectivity index (χ3v) is 2.67. The quantitative estimate of drug-likeness (QED) is 0.589. The lowest BCUT2D eigenvalue weighted by Gasteiger charge is -2.25. The Morgan fingerprint density at radius 3 is 3.07 bits per heavy atom. The molecule has 1 heterocycles. The topological polar surface area (TPSA) is 68.2 Å². The van der Waals surface area contributed by atoms with E-state index in [4.69, 9.17) is 5.26 Å². The summed E-state index contributed by atoms with van der Waals surface area (Å²) in [6.07, 6.45) is 1.10. The number of amides is 1. The van der Waals surface area contributed by atoms with Gasteiger partial charge in [-0.2, -0.15) is 5.26 Å². The SMILES string of the molecule is CCN(CC(=O)NCC#N)C1CCNC1. The summed E-state index contributed by atoms with van der Waals surface area (Å²) in [6.45, 7) is 5.40. The maximum Gasteiger partial charge on any atom is 0.235 e. The van der Waals surface area contributed by atoms with Gasteiger partial charge in [-0.05, 0) is 19.5 Å². The fraction of sp³-hybridized carbons (Fsp3) is 0.800. The molecule has 1 saturated heterocycles. The highest BCUT2D eigenvalue weighted by Crippen LogP contribution is 2.07. The molecule has 0 aromatic rings. The molecule has 0 aromatic heterocycles. The Hall–Kier alpha value is -1.12. The first kappa shape index (κ1) is 12.0. The summed E-state index contributed by atoms with van der Waals surface area (Å²) in [4.78, 5) is 13.5. The van der Waals surface area contributed by atoms with E-state index in [-0.39, 0.29) is 12.5 Å². The molecule has 0 saturated carbocycles. The number of carbonyl (C=O) groups is 1. The minimum Gasteiger partial charge on any atom is -0.342 e. The molecular weight excluding hydrogens is 192 g/mol. The van der Waals surface area contributed by atoms with E-state index in [0.717, 1.165) is 26.1 Å². The number of carbonyl (C=O) groups excluding carboxylic acids is 1. The lowest BCUT2D eigenvalue weighted by atomic mass is 10.2. The van der Waals surface area contributed by atoms with Crippen LogP contribution in [-0.2, 0) is 4.79 Å². The molecule has 5 heteroatoms. The van der Waals surface area contributed by atoms with E-state index in [1.807, 2.05) is 6.07 Å². The minimum absolute atomic E-state index is 0.0645. The number of rotatable bonds is 5. The van der Waals surface area contributed by atoms with Gasteiger partial charge in [0, 0.05) is 12.6 Å². The van der Waals surface area contributed by atoms with Crippen LogP contribution in [0.3, 0.4) is 0 Å². The van der Waals surface area contributed by atoms with Gasteiger partial charge in [-0.25, -0.2) is 0 Å². The average molecular weight is 210 g/mol. The van der Waals surface area contributed by atoms with Crippen LogP contribution in [0.1, 0.15) is 13.3 Å². The number of nitrogens with one attached hydrogen (secondary N) is 2. The summed E-state index contributed by atoms with van der Waals surface area (Å²) in [5, 5.41) is 14.2.